The number of hydrogen-bond donors (Lipinski definition) is 0. The highest BCUT2D eigenvalue weighted by atomic mass is 19.4. The Bertz CT molecular complexity index is 401. The number of hydrogen-bond acceptors (Lipinski definition) is 0. The van der Waals surface area contributed by atoms with Gasteiger partial charge >= 0.3 is 36.0 Å². The molecule has 0 saturated heterocycles. The van der Waals surface area contributed by atoms with Crippen molar-refractivity contribution in [2.24, 2.45) is 0 Å². The Hall–Kier alpha value is -1.24. The van der Waals surface area contributed by atoms with Crippen molar-refractivity contribution in [3.05, 3.63) is 12.2 Å². The molecule has 138 valence electrons. The van der Waals surface area contributed by atoms with Crippen LogP contribution in [0.4, 0.5) is 61.5 Å². The molecule has 23 heavy (non-hydrogen) atoms. The van der Waals surface area contributed by atoms with Gasteiger partial charge in [-0.15, -0.1) is 0 Å². The summed E-state index contributed by atoms with van der Waals surface area (Å²) in [6.45, 7) is 0. The van der Waals surface area contributed by atoms with Crippen molar-refractivity contribution in [2.45, 2.75) is 42.5 Å². The highest BCUT2D eigenvalue weighted by molar-refractivity contribution is 5.13. The minimum atomic E-state index is -6.74. The van der Waals surface area contributed by atoms with Gasteiger partial charge in [0.05, 0.1) is 0 Å². The van der Waals surface area contributed by atoms with E-state index < -0.39 is 54.6 Å². The van der Waals surface area contributed by atoms with Crippen LogP contribution in [0, 0.1) is 0 Å². The normalized spacial score (nSPS) is 16.3. The molecule has 0 nitrogen and oxygen atoms in total. The lowest BCUT2D eigenvalue weighted by Crippen LogP contribution is -2.53. The molecule has 0 amide bonds. The van der Waals surface area contributed by atoms with Gasteiger partial charge in [0.25, 0.3) is 0 Å². The van der Waals surface area contributed by atoms with Crippen molar-refractivity contribution in [1.29, 1.82) is 0 Å². The fourth-order valence-corrected chi connectivity index (χ4v) is 1.13. The molecular formula is C9H4F14. The average molecular weight is 378 g/mol. The van der Waals surface area contributed by atoms with Crippen LogP contribution in [0.1, 0.15) is 6.42 Å². The smallest absolute Gasteiger partial charge is 0.223 e. The first-order valence-corrected chi connectivity index (χ1v) is 5.03. The maximum Gasteiger partial charge on any atom is 0.435 e. The predicted octanol–water partition coefficient (Wildman–Crippen LogP) is 5.60. The van der Waals surface area contributed by atoms with Crippen molar-refractivity contribution in [1.82, 2.24) is 0 Å². The van der Waals surface area contributed by atoms with Crippen LogP contribution in [0.2, 0.25) is 0 Å². The molecule has 0 radical (unpaired) electrons. The molecule has 0 aliphatic heterocycles. The lowest BCUT2D eigenvalue weighted by molar-refractivity contribution is -0.340. The molecule has 0 rings (SSSR count). The van der Waals surface area contributed by atoms with Gasteiger partial charge in [-0.1, -0.05) is 6.08 Å². The van der Waals surface area contributed by atoms with Gasteiger partial charge in [-0.05, 0) is 6.08 Å². The molecule has 14 heteroatoms. The Labute approximate surface area is 117 Å². The van der Waals surface area contributed by atoms with Gasteiger partial charge in [0.2, 0.25) is 0 Å². The summed E-state index contributed by atoms with van der Waals surface area (Å²) >= 11 is 0. The third-order valence-corrected chi connectivity index (χ3v) is 2.47. The molecule has 0 heterocycles. The largest absolute Gasteiger partial charge is 0.435 e. The number of rotatable bonds is 3. The summed E-state index contributed by atoms with van der Waals surface area (Å²) in [5.74, 6) is 0. The third-order valence-electron chi connectivity index (χ3n) is 2.47. The van der Waals surface area contributed by atoms with E-state index in [4.69, 9.17) is 0 Å². The zero-order valence-corrected chi connectivity index (χ0v) is 10.2. The minimum Gasteiger partial charge on any atom is -0.223 e. The fourth-order valence-electron chi connectivity index (χ4n) is 1.13. The fraction of sp³-hybridized carbons (Fsp3) is 0.778. The van der Waals surface area contributed by atoms with Crippen LogP contribution in [0.25, 0.3) is 0 Å². The number of halogens is 14. The van der Waals surface area contributed by atoms with E-state index >= 15 is 0 Å². The first-order valence-electron chi connectivity index (χ1n) is 5.03. The molecule has 0 unspecified atom stereocenters. The molecule has 0 fully saturated rings. The van der Waals surface area contributed by atoms with Gasteiger partial charge in [0, 0.05) is 6.42 Å². The average Bonchev–Trinajstić information content (AvgIpc) is 2.22. The zero-order chi connectivity index (χ0) is 19.1. The van der Waals surface area contributed by atoms with Crippen LogP contribution < -0.4 is 0 Å². The van der Waals surface area contributed by atoms with Gasteiger partial charge in [-0.25, -0.2) is 8.78 Å². The second-order valence-corrected chi connectivity index (χ2v) is 4.11. The quantitative estimate of drug-likeness (QED) is 0.443. The Balaban J connectivity index is 5.76. The highest BCUT2D eigenvalue weighted by Gasteiger charge is 2.73. The molecular weight excluding hydrogens is 374 g/mol. The van der Waals surface area contributed by atoms with Crippen LogP contribution >= 0.6 is 0 Å². The second kappa shape index (κ2) is 5.69. The van der Waals surface area contributed by atoms with E-state index in [-0.39, 0.29) is 0 Å². The second-order valence-electron chi connectivity index (χ2n) is 4.11. The van der Waals surface area contributed by atoms with Gasteiger partial charge < -0.3 is 0 Å². The first kappa shape index (κ1) is 21.8. The molecule has 0 aromatic carbocycles. The first-order chi connectivity index (χ1) is 9.71. The van der Waals surface area contributed by atoms with Gasteiger partial charge in [-0.2, -0.15) is 52.7 Å². The van der Waals surface area contributed by atoms with Crippen molar-refractivity contribution in [3.8, 4) is 0 Å². The van der Waals surface area contributed by atoms with E-state index in [1.807, 2.05) is 0 Å². The summed E-state index contributed by atoms with van der Waals surface area (Å²) in [5, 5.41) is 0. The van der Waals surface area contributed by atoms with Crippen molar-refractivity contribution < 1.29 is 61.5 Å². The van der Waals surface area contributed by atoms with E-state index in [0.29, 0.717) is 0 Å². The van der Waals surface area contributed by atoms with E-state index in [2.05, 4.69) is 0 Å². The third kappa shape index (κ3) is 4.00. The summed E-state index contributed by atoms with van der Waals surface area (Å²) in [6.07, 6.45) is -32.7. The molecule has 0 spiro atoms. The van der Waals surface area contributed by atoms with Crippen LogP contribution in [-0.4, -0.2) is 36.0 Å². The SMILES string of the molecule is FC(F)(F)C(F)(C=CCC(F)(C(F)(F)F)C(F)(F)F)C(F)(F)F. The van der Waals surface area contributed by atoms with Gasteiger partial charge in [-0.3, -0.25) is 0 Å². The predicted molar refractivity (Wildman–Crippen MR) is 45.7 cm³/mol. The molecule has 0 atom stereocenters. The lowest BCUT2D eigenvalue weighted by atomic mass is 9.97. The van der Waals surface area contributed by atoms with Crippen LogP contribution in [-0.2, 0) is 0 Å². The summed E-state index contributed by atoms with van der Waals surface area (Å²) in [4.78, 5) is 0. The van der Waals surface area contributed by atoms with Crippen LogP contribution in [0.5, 0.6) is 0 Å². The summed E-state index contributed by atoms with van der Waals surface area (Å²) in [6, 6.07) is 0. The summed E-state index contributed by atoms with van der Waals surface area (Å²) < 4.78 is 170. The lowest BCUT2D eigenvalue weighted by Gasteiger charge is -2.30. The van der Waals surface area contributed by atoms with Crippen LogP contribution in [0.15, 0.2) is 12.2 Å². The Morgan fingerprint density at radius 3 is 1.00 bits per heavy atom. The number of alkyl halides is 14. The Kier molecular flexibility index (Phi) is 5.38. The monoisotopic (exact) mass is 378 g/mol. The molecule has 0 aromatic rings. The topological polar surface area (TPSA) is 0 Å². The summed E-state index contributed by atoms with van der Waals surface area (Å²) in [7, 11) is 0. The minimum absolute atomic E-state index is 1.15. The summed E-state index contributed by atoms with van der Waals surface area (Å²) in [5.41, 5.74) is -12.4. The standard InChI is InChI=1S/C9H4F14/c10-4(6(12,13)14,7(15,16)17)2-1-3-5(11,8(18,19)20)9(21,22)23/h1-2H,3H2. The maximum atomic E-state index is 13.0. The van der Waals surface area contributed by atoms with E-state index in [1.54, 1.807) is 0 Å². The van der Waals surface area contributed by atoms with Crippen LogP contribution in [0.3, 0.4) is 0 Å². The van der Waals surface area contributed by atoms with E-state index in [1.165, 1.54) is 0 Å². The molecule has 0 aliphatic carbocycles. The van der Waals surface area contributed by atoms with Crippen molar-refractivity contribution >= 4 is 0 Å². The molecule has 0 N–H and O–H groups in total. The Morgan fingerprint density at radius 2 is 0.783 bits per heavy atom. The molecule has 0 saturated carbocycles. The van der Waals surface area contributed by atoms with Gasteiger partial charge in [0.15, 0.2) is 0 Å². The Morgan fingerprint density at radius 1 is 0.478 bits per heavy atom. The van der Waals surface area contributed by atoms with Gasteiger partial charge in [0.1, 0.15) is 0 Å². The van der Waals surface area contributed by atoms with Crippen molar-refractivity contribution in [2.75, 3.05) is 0 Å². The molecule has 0 aliphatic rings. The van der Waals surface area contributed by atoms with Crippen molar-refractivity contribution in [3.63, 3.8) is 0 Å². The van der Waals surface area contributed by atoms with E-state index in [9.17, 15) is 61.5 Å². The van der Waals surface area contributed by atoms with E-state index in [0.717, 1.165) is 0 Å². The maximum absolute atomic E-state index is 13.0. The zero-order valence-electron chi connectivity index (χ0n) is 10.2. The molecule has 0 aromatic heterocycles. The molecule has 0 bridgehead atoms. The number of allylic oxidation sites excluding steroid dienone is 2. The highest BCUT2D eigenvalue weighted by Crippen LogP contribution is 2.50.